The number of para-hydroxylation sites is 2. The van der Waals surface area contributed by atoms with Gasteiger partial charge in [0, 0.05) is 11.1 Å². The minimum atomic E-state index is 0. The second-order valence-corrected chi connectivity index (χ2v) is 6.82. The number of ether oxygens (including phenoxy) is 1. The van der Waals surface area contributed by atoms with Crippen molar-refractivity contribution >= 4 is 17.0 Å². The fourth-order valence-electron chi connectivity index (χ4n) is 2.92. The molecule has 0 saturated heterocycles. The topological polar surface area (TPSA) is 26.5 Å². The van der Waals surface area contributed by atoms with E-state index < -0.39 is 0 Å². The van der Waals surface area contributed by atoms with Crippen LogP contribution >= 0.6 is 11.3 Å². The number of hydrogen-bond acceptors (Lipinski definition) is 3. The fraction of sp³-hybridized carbons (Fsp3) is 0.0870. The maximum atomic E-state index is 5.57. The quantitative estimate of drug-likeness (QED) is 0.458. The van der Waals surface area contributed by atoms with E-state index in [1.165, 1.54) is 0 Å². The largest absolute Gasteiger partial charge is 1.00 e. The Balaban J connectivity index is 0.00000225. The van der Waals surface area contributed by atoms with Gasteiger partial charge in [0.25, 0.3) is 0 Å². The van der Waals surface area contributed by atoms with E-state index in [1.54, 1.807) is 11.3 Å². The van der Waals surface area contributed by atoms with Crippen molar-refractivity contribution in [3.05, 3.63) is 95.1 Å². The first-order valence-electron chi connectivity index (χ1n) is 8.94. The average Bonchev–Trinajstić information content (AvgIpc) is 3.14. The Bertz CT molecular complexity index is 1070. The van der Waals surface area contributed by atoms with Crippen molar-refractivity contribution in [1.82, 2.24) is 4.57 Å². The number of aromatic nitrogens is 1. The first-order valence-corrected chi connectivity index (χ1v) is 9.82. The van der Waals surface area contributed by atoms with Gasteiger partial charge in [-0.1, -0.05) is 36.4 Å². The van der Waals surface area contributed by atoms with E-state index in [0.717, 1.165) is 33.2 Å². The van der Waals surface area contributed by atoms with Crippen LogP contribution in [-0.4, -0.2) is 11.2 Å². The maximum absolute atomic E-state index is 5.57. The first-order chi connectivity index (χ1) is 13.3. The normalized spacial score (nSPS) is 11.1. The van der Waals surface area contributed by atoms with Crippen molar-refractivity contribution < 1.29 is 21.7 Å². The van der Waals surface area contributed by atoms with Gasteiger partial charge in [0.05, 0.1) is 18.0 Å². The Morgan fingerprint density at radius 1 is 0.857 bits per heavy atom. The highest BCUT2D eigenvalue weighted by Crippen LogP contribution is 2.26. The third kappa shape index (κ3) is 4.43. The molecule has 4 aromatic rings. The summed E-state index contributed by atoms with van der Waals surface area (Å²) in [6.07, 6.45) is 0. The molecule has 0 aliphatic heterocycles. The molecule has 4 rings (SSSR count). The molecule has 0 aliphatic carbocycles. The number of thiazole rings is 1. The average molecular weight is 452 g/mol. The zero-order valence-corrected chi connectivity index (χ0v) is 17.9. The Morgan fingerprint density at radius 3 is 2.14 bits per heavy atom. The van der Waals surface area contributed by atoms with Gasteiger partial charge >= 0.3 is 0 Å². The molecule has 0 amide bonds. The molecule has 5 heteroatoms. The summed E-state index contributed by atoms with van der Waals surface area (Å²) in [7, 11) is 0. The van der Waals surface area contributed by atoms with E-state index in [-0.39, 0.29) is 17.0 Å². The monoisotopic (exact) mass is 451 g/mol. The van der Waals surface area contributed by atoms with Gasteiger partial charge in [-0.15, -0.1) is 11.3 Å². The van der Waals surface area contributed by atoms with Crippen molar-refractivity contribution in [1.29, 1.82) is 0 Å². The predicted molar refractivity (Wildman–Crippen MR) is 112 cm³/mol. The van der Waals surface area contributed by atoms with Crippen molar-refractivity contribution in [3.8, 4) is 22.7 Å². The number of rotatable bonds is 5. The van der Waals surface area contributed by atoms with Crippen LogP contribution in [-0.2, 0) is 0 Å². The second-order valence-electron chi connectivity index (χ2n) is 5.98. The summed E-state index contributed by atoms with van der Waals surface area (Å²) >= 11 is 1.64. The van der Waals surface area contributed by atoms with Crippen LogP contribution in [0.15, 0.2) is 95.3 Å². The van der Waals surface area contributed by atoms with Crippen LogP contribution in [0.2, 0.25) is 0 Å². The third-order valence-electron chi connectivity index (χ3n) is 4.16. The van der Waals surface area contributed by atoms with Gasteiger partial charge in [0.2, 0.25) is 0 Å². The summed E-state index contributed by atoms with van der Waals surface area (Å²) < 4.78 is 7.77. The second kappa shape index (κ2) is 9.53. The molecule has 0 fully saturated rings. The molecule has 0 radical (unpaired) electrons. The van der Waals surface area contributed by atoms with Gasteiger partial charge in [-0.05, 0) is 61.0 Å². The number of nitrogens with zero attached hydrogens (tertiary/aromatic N) is 2. The van der Waals surface area contributed by atoms with Crippen LogP contribution in [0.4, 0.5) is 5.69 Å². The molecule has 28 heavy (non-hydrogen) atoms. The minimum Gasteiger partial charge on any atom is -1.00 e. The summed E-state index contributed by atoms with van der Waals surface area (Å²) in [6, 6.07) is 28.6. The minimum absolute atomic E-state index is 0. The fourth-order valence-corrected chi connectivity index (χ4v) is 3.84. The molecule has 142 valence electrons. The van der Waals surface area contributed by atoms with Crippen molar-refractivity contribution in [3.63, 3.8) is 0 Å². The lowest BCUT2D eigenvalue weighted by molar-refractivity contribution is -0.00000589. The lowest BCUT2D eigenvalue weighted by Crippen LogP contribution is -3.00. The van der Waals surface area contributed by atoms with Crippen molar-refractivity contribution in [2.75, 3.05) is 6.61 Å². The van der Waals surface area contributed by atoms with Crippen LogP contribution < -0.4 is 26.5 Å². The van der Waals surface area contributed by atoms with E-state index in [1.807, 2.05) is 67.6 Å². The number of benzene rings is 3. The molecule has 0 spiro atoms. The molecular weight excluding hydrogens is 432 g/mol. The SMILES string of the molecule is CCOc1ccc(-c2csc(=Nc3ccccc3)n2-c2ccccc2)cc1.[Br-]. The number of halogens is 1. The van der Waals surface area contributed by atoms with Gasteiger partial charge in [-0.2, -0.15) is 0 Å². The van der Waals surface area contributed by atoms with Gasteiger partial charge in [-0.3, -0.25) is 4.57 Å². The summed E-state index contributed by atoms with van der Waals surface area (Å²) in [4.78, 5) is 5.81. The first kappa shape index (κ1) is 20.1. The highest BCUT2D eigenvalue weighted by Gasteiger charge is 2.10. The standard InChI is InChI=1S/C23H20N2OS.BrH/c1-2-26-21-15-13-18(14-16-21)22-17-27-23(24-19-9-5-3-6-10-19)25(22)20-11-7-4-8-12-20;/h3-17H,2H2,1H3;1H/p-1. The molecule has 1 heterocycles. The van der Waals surface area contributed by atoms with E-state index in [0.29, 0.717) is 6.61 Å². The van der Waals surface area contributed by atoms with E-state index in [9.17, 15) is 0 Å². The smallest absolute Gasteiger partial charge is 0.195 e. The van der Waals surface area contributed by atoms with Crippen LogP contribution in [0.25, 0.3) is 16.9 Å². The van der Waals surface area contributed by atoms with Crippen LogP contribution in [0.3, 0.4) is 0 Å². The van der Waals surface area contributed by atoms with Crippen molar-refractivity contribution in [2.45, 2.75) is 6.92 Å². The molecule has 0 saturated carbocycles. The predicted octanol–water partition coefficient (Wildman–Crippen LogP) is 2.84. The molecule has 1 aromatic heterocycles. The maximum Gasteiger partial charge on any atom is 0.195 e. The van der Waals surface area contributed by atoms with Crippen LogP contribution in [0, 0.1) is 0 Å². The Hall–Kier alpha value is -2.63. The number of hydrogen-bond donors (Lipinski definition) is 0. The summed E-state index contributed by atoms with van der Waals surface area (Å²) in [5.41, 5.74) is 4.29. The zero-order valence-electron chi connectivity index (χ0n) is 15.5. The molecule has 0 atom stereocenters. The molecule has 3 aromatic carbocycles. The molecule has 0 bridgehead atoms. The third-order valence-corrected chi connectivity index (χ3v) is 4.99. The lowest BCUT2D eigenvalue weighted by Gasteiger charge is -2.10. The van der Waals surface area contributed by atoms with Gasteiger partial charge < -0.3 is 21.7 Å². The Morgan fingerprint density at radius 2 is 1.50 bits per heavy atom. The molecule has 3 nitrogen and oxygen atoms in total. The van der Waals surface area contributed by atoms with Crippen LogP contribution in [0.5, 0.6) is 5.75 Å². The van der Waals surface area contributed by atoms with E-state index in [2.05, 4.69) is 34.2 Å². The summed E-state index contributed by atoms with van der Waals surface area (Å²) in [5, 5.41) is 2.16. The molecule has 0 N–H and O–H groups in total. The van der Waals surface area contributed by atoms with E-state index in [4.69, 9.17) is 9.73 Å². The summed E-state index contributed by atoms with van der Waals surface area (Å²) in [5.74, 6) is 0.886. The van der Waals surface area contributed by atoms with Crippen LogP contribution in [0.1, 0.15) is 6.92 Å². The van der Waals surface area contributed by atoms with Gasteiger partial charge in [0.15, 0.2) is 4.80 Å². The van der Waals surface area contributed by atoms with Crippen molar-refractivity contribution in [2.24, 2.45) is 4.99 Å². The highest BCUT2D eigenvalue weighted by atomic mass is 79.9. The molecular formula is C23H20BrN2OS-. The van der Waals surface area contributed by atoms with Gasteiger partial charge in [0.1, 0.15) is 5.75 Å². The zero-order chi connectivity index (χ0) is 18.5. The van der Waals surface area contributed by atoms with Gasteiger partial charge in [-0.25, -0.2) is 4.99 Å². The Kier molecular flexibility index (Phi) is 6.85. The Labute approximate surface area is 179 Å². The highest BCUT2D eigenvalue weighted by molar-refractivity contribution is 7.07. The van der Waals surface area contributed by atoms with E-state index >= 15 is 0 Å². The summed E-state index contributed by atoms with van der Waals surface area (Å²) in [6.45, 7) is 2.66. The molecule has 0 aliphatic rings. The molecule has 0 unspecified atom stereocenters. The lowest BCUT2D eigenvalue weighted by atomic mass is 10.1.